The lowest BCUT2D eigenvalue weighted by atomic mass is 10.2. The number of nitrogens with one attached hydrogen (secondary N) is 1. The molecule has 1 unspecified atom stereocenters. The van der Waals surface area contributed by atoms with Crippen molar-refractivity contribution < 1.29 is 4.92 Å². The number of anilines is 1. The molecule has 20 heavy (non-hydrogen) atoms. The number of nitro groups is 1. The number of thiazole rings is 1. The summed E-state index contributed by atoms with van der Waals surface area (Å²) in [6, 6.07) is 4.48. The Bertz CT molecular complexity index is 650. The standard InChI is InChI=1S/C12H11N5O2S/c1-2-8(12-14-5-6-20-12)15-11-4-3-10(17(18)19)9(7-13)16-11/h3-6,8H,2H2,1H3,(H,15,16). The first-order valence-corrected chi connectivity index (χ1v) is 6.75. The Morgan fingerprint density at radius 3 is 2.95 bits per heavy atom. The summed E-state index contributed by atoms with van der Waals surface area (Å²) in [6.07, 6.45) is 2.50. The molecule has 0 fully saturated rings. The fourth-order valence-electron chi connectivity index (χ4n) is 1.69. The van der Waals surface area contributed by atoms with Crippen molar-refractivity contribution in [1.29, 1.82) is 5.26 Å². The molecule has 0 aromatic carbocycles. The van der Waals surface area contributed by atoms with Crippen molar-refractivity contribution in [2.45, 2.75) is 19.4 Å². The summed E-state index contributed by atoms with van der Waals surface area (Å²) >= 11 is 1.52. The molecular formula is C12H11N5O2S. The number of nitrogens with zero attached hydrogens (tertiary/aromatic N) is 4. The molecule has 0 spiro atoms. The molecule has 0 bridgehead atoms. The topological polar surface area (TPSA) is 105 Å². The lowest BCUT2D eigenvalue weighted by molar-refractivity contribution is -0.385. The molecule has 2 heterocycles. The van der Waals surface area contributed by atoms with E-state index in [-0.39, 0.29) is 17.4 Å². The predicted molar refractivity (Wildman–Crippen MR) is 74.4 cm³/mol. The molecule has 2 aromatic rings. The largest absolute Gasteiger partial charge is 0.361 e. The lowest BCUT2D eigenvalue weighted by Gasteiger charge is -2.14. The van der Waals surface area contributed by atoms with Gasteiger partial charge in [-0.3, -0.25) is 10.1 Å². The third-order valence-electron chi connectivity index (χ3n) is 2.66. The second-order valence-corrected chi connectivity index (χ2v) is 4.83. The van der Waals surface area contributed by atoms with Crippen LogP contribution >= 0.6 is 11.3 Å². The Balaban J connectivity index is 2.26. The second kappa shape index (κ2) is 6.08. The van der Waals surface area contributed by atoms with Gasteiger partial charge in [0, 0.05) is 17.6 Å². The third kappa shape index (κ3) is 2.89. The van der Waals surface area contributed by atoms with Crippen LogP contribution in [0.15, 0.2) is 23.7 Å². The van der Waals surface area contributed by atoms with Crippen LogP contribution in [0.1, 0.15) is 30.1 Å². The Kier molecular flexibility index (Phi) is 4.22. The van der Waals surface area contributed by atoms with Crippen LogP contribution in [0.3, 0.4) is 0 Å². The van der Waals surface area contributed by atoms with Crippen LogP contribution in [0.25, 0.3) is 0 Å². The molecule has 1 atom stereocenters. The highest BCUT2D eigenvalue weighted by Crippen LogP contribution is 2.25. The lowest BCUT2D eigenvalue weighted by Crippen LogP contribution is -2.11. The first-order valence-electron chi connectivity index (χ1n) is 5.87. The second-order valence-electron chi connectivity index (χ2n) is 3.91. The minimum Gasteiger partial charge on any atom is -0.361 e. The Hall–Kier alpha value is -2.53. The number of rotatable bonds is 5. The van der Waals surface area contributed by atoms with Gasteiger partial charge in [-0.25, -0.2) is 9.97 Å². The molecule has 0 saturated carbocycles. The SMILES string of the molecule is CCC(Nc1ccc([N+](=O)[O-])c(C#N)n1)c1nccs1. The van der Waals surface area contributed by atoms with Gasteiger partial charge in [-0.2, -0.15) is 5.26 Å². The van der Waals surface area contributed by atoms with E-state index >= 15 is 0 Å². The number of aromatic nitrogens is 2. The molecule has 8 heteroatoms. The van der Waals surface area contributed by atoms with Crippen molar-refractivity contribution in [2.75, 3.05) is 5.32 Å². The Labute approximate surface area is 119 Å². The summed E-state index contributed by atoms with van der Waals surface area (Å²) in [7, 11) is 0. The fourth-order valence-corrected chi connectivity index (χ4v) is 2.46. The minimum atomic E-state index is -0.618. The van der Waals surface area contributed by atoms with E-state index in [1.165, 1.54) is 23.5 Å². The monoisotopic (exact) mass is 289 g/mol. The zero-order chi connectivity index (χ0) is 14.5. The van der Waals surface area contributed by atoms with E-state index < -0.39 is 4.92 Å². The van der Waals surface area contributed by atoms with Crippen LogP contribution in [-0.2, 0) is 0 Å². The van der Waals surface area contributed by atoms with E-state index in [1.54, 1.807) is 12.3 Å². The highest BCUT2D eigenvalue weighted by Gasteiger charge is 2.18. The minimum absolute atomic E-state index is 0.0319. The number of pyridine rings is 1. The van der Waals surface area contributed by atoms with Crippen LogP contribution in [0.4, 0.5) is 11.5 Å². The zero-order valence-electron chi connectivity index (χ0n) is 10.6. The summed E-state index contributed by atoms with van der Waals surface area (Å²) < 4.78 is 0. The van der Waals surface area contributed by atoms with E-state index in [2.05, 4.69) is 15.3 Å². The number of hydrogen-bond acceptors (Lipinski definition) is 7. The molecule has 102 valence electrons. The molecule has 0 amide bonds. The molecule has 2 rings (SSSR count). The Morgan fingerprint density at radius 2 is 2.40 bits per heavy atom. The van der Waals surface area contributed by atoms with Crippen molar-refractivity contribution in [2.24, 2.45) is 0 Å². The molecule has 1 N–H and O–H groups in total. The van der Waals surface area contributed by atoms with E-state index in [4.69, 9.17) is 5.26 Å². The summed E-state index contributed by atoms with van der Waals surface area (Å²) in [6.45, 7) is 2.00. The quantitative estimate of drug-likeness (QED) is 0.670. The van der Waals surface area contributed by atoms with E-state index in [0.717, 1.165) is 11.4 Å². The van der Waals surface area contributed by atoms with Crippen molar-refractivity contribution in [3.63, 3.8) is 0 Å². The van der Waals surface area contributed by atoms with Gasteiger partial charge in [-0.1, -0.05) is 6.92 Å². The van der Waals surface area contributed by atoms with Gasteiger partial charge in [0.05, 0.1) is 11.0 Å². The molecule has 0 radical (unpaired) electrons. The average molecular weight is 289 g/mol. The predicted octanol–water partition coefficient (Wildman–Crippen LogP) is 2.88. The van der Waals surface area contributed by atoms with Crippen LogP contribution in [0.5, 0.6) is 0 Å². The van der Waals surface area contributed by atoms with Gasteiger partial charge in [0.25, 0.3) is 0 Å². The Morgan fingerprint density at radius 1 is 1.60 bits per heavy atom. The first-order chi connectivity index (χ1) is 9.65. The third-order valence-corrected chi connectivity index (χ3v) is 3.55. The molecule has 0 saturated heterocycles. The maximum absolute atomic E-state index is 10.7. The van der Waals surface area contributed by atoms with Gasteiger partial charge in [-0.05, 0) is 12.5 Å². The van der Waals surface area contributed by atoms with Crippen LogP contribution < -0.4 is 5.32 Å². The van der Waals surface area contributed by atoms with Gasteiger partial charge in [-0.15, -0.1) is 11.3 Å². The van der Waals surface area contributed by atoms with Crippen molar-refractivity contribution in [3.8, 4) is 6.07 Å². The molecule has 7 nitrogen and oxygen atoms in total. The summed E-state index contributed by atoms with van der Waals surface area (Å²) in [5.41, 5.74) is -0.491. The number of nitriles is 1. The summed E-state index contributed by atoms with van der Waals surface area (Å²) in [4.78, 5) is 18.3. The highest BCUT2D eigenvalue weighted by molar-refractivity contribution is 7.09. The van der Waals surface area contributed by atoms with Gasteiger partial charge in [0.1, 0.15) is 16.9 Å². The van der Waals surface area contributed by atoms with E-state index in [1.807, 2.05) is 12.3 Å². The molecule has 2 aromatic heterocycles. The molecular weight excluding hydrogens is 278 g/mol. The van der Waals surface area contributed by atoms with Crippen molar-refractivity contribution in [3.05, 3.63) is 44.5 Å². The van der Waals surface area contributed by atoms with Crippen molar-refractivity contribution in [1.82, 2.24) is 9.97 Å². The van der Waals surface area contributed by atoms with Gasteiger partial charge < -0.3 is 5.32 Å². The first kappa shape index (κ1) is 13.9. The fraction of sp³-hybridized carbons (Fsp3) is 0.250. The summed E-state index contributed by atoms with van der Waals surface area (Å²) in [5, 5.41) is 25.6. The van der Waals surface area contributed by atoms with E-state index in [0.29, 0.717) is 5.82 Å². The maximum Gasteiger partial charge on any atom is 0.305 e. The van der Waals surface area contributed by atoms with Crippen LogP contribution in [0.2, 0.25) is 0 Å². The number of hydrogen-bond donors (Lipinski definition) is 1. The van der Waals surface area contributed by atoms with E-state index in [9.17, 15) is 10.1 Å². The highest BCUT2D eigenvalue weighted by atomic mass is 32.1. The van der Waals surface area contributed by atoms with Crippen molar-refractivity contribution >= 4 is 22.8 Å². The molecule has 0 aliphatic heterocycles. The average Bonchev–Trinajstić information content (AvgIpc) is 2.98. The van der Waals surface area contributed by atoms with Crippen LogP contribution in [-0.4, -0.2) is 14.9 Å². The normalized spacial score (nSPS) is 11.6. The smallest absolute Gasteiger partial charge is 0.305 e. The van der Waals surface area contributed by atoms with Gasteiger partial charge in [0.2, 0.25) is 5.69 Å². The molecule has 0 aliphatic carbocycles. The van der Waals surface area contributed by atoms with Crippen LogP contribution in [0, 0.1) is 21.4 Å². The summed E-state index contributed by atoms with van der Waals surface area (Å²) in [5.74, 6) is 0.425. The van der Waals surface area contributed by atoms with Gasteiger partial charge >= 0.3 is 5.69 Å². The molecule has 0 aliphatic rings. The van der Waals surface area contributed by atoms with Gasteiger partial charge in [0.15, 0.2) is 0 Å². The zero-order valence-corrected chi connectivity index (χ0v) is 11.4. The maximum atomic E-state index is 10.7.